The third kappa shape index (κ3) is 1.97. The van der Waals surface area contributed by atoms with Gasteiger partial charge in [0.05, 0.1) is 5.56 Å². The molecule has 0 bridgehead atoms. The molecule has 0 heterocycles. The smallest absolute Gasteiger partial charge is 0.139 e. The van der Waals surface area contributed by atoms with Crippen LogP contribution in [0, 0.1) is 17.7 Å². The van der Waals surface area contributed by atoms with Crippen LogP contribution in [0.1, 0.15) is 5.56 Å². The highest BCUT2D eigenvalue weighted by Crippen LogP contribution is 2.13. The van der Waals surface area contributed by atoms with Crippen molar-refractivity contribution in [1.82, 2.24) is 0 Å². The van der Waals surface area contributed by atoms with E-state index in [1.807, 2.05) is 0 Å². The Morgan fingerprint density at radius 3 is 2.83 bits per heavy atom. The minimum absolute atomic E-state index is 0.0429. The van der Waals surface area contributed by atoms with Crippen LogP contribution in [0.15, 0.2) is 18.2 Å². The van der Waals surface area contributed by atoms with Gasteiger partial charge in [0, 0.05) is 0 Å². The molecule has 0 saturated heterocycles. The normalized spacial score (nSPS) is 8.83. The van der Waals surface area contributed by atoms with E-state index in [1.54, 1.807) is 0 Å². The topological polar surface area (TPSA) is 40.5 Å². The van der Waals surface area contributed by atoms with Gasteiger partial charge in [-0.2, -0.15) is 0 Å². The number of hydrogen-bond donors (Lipinski definition) is 2. The number of halogens is 1. The number of phenolic OH excluding ortho intramolecular Hbond substituents is 1. The summed E-state index contributed by atoms with van der Waals surface area (Å²) in [7, 11) is 0. The number of phenols is 1. The monoisotopic (exact) mass is 166 g/mol. The molecule has 0 spiro atoms. The molecule has 62 valence electrons. The zero-order valence-corrected chi connectivity index (χ0v) is 6.21. The first kappa shape index (κ1) is 8.57. The first-order valence-electron chi connectivity index (χ1n) is 3.32. The number of aliphatic hydroxyl groups excluding tert-OH is 1. The van der Waals surface area contributed by atoms with Crippen molar-refractivity contribution in [3.63, 3.8) is 0 Å². The second kappa shape index (κ2) is 3.74. The molecule has 0 radical (unpaired) electrons. The lowest BCUT2D eigenvalue weighted by Crippen LogP contribution is -1.83. The average molecular weight is 166 g/mol. The maximum Gasteiger partial charge on any atom is 0.139 e. The maximum absolute atomic E-state index is 12.8. The van der Waals surface area contributed by atoms with Gasteiger partial charge < -0.3 is 10.2 Å². The lowest BCUT2D eigenvalue weighted by molar-refractivity contribution is 0.350. The zero-order chi connectivity index (χ0) is 8.97. The van der Waals surface area contributed by atoms with Gasteiger partial charge in [-0.3, -0.25) is 0 Å². The Labute approximate surface area is 69.3 Å². The molecular formula is C9H7FO2. The molecule has 1 aromatic carbocycles. The molecule has 0 aliphatic heterocycles. The van der Waals surface area contributed by atoms with Crippen molar-refractivity contribution in [3.8, 4) is 17.6 Å². The summed E-state index contributed by atoms with van der Waals surface area (Å²) in [6.07, 6.45) is 0. The fourth-order valence-corrected chi connectivity index (χ4v) is 0.744. The van der Waals surface area contributed by atoms with Gasteiger partial charge in [0.15, 0.2) is 0 Å². The molecule has 0 fully saturated rings. The van der Waals surface area contributed by atoms with E-state index in [0.29, 0.717) is 0 Å². The summed E-state index contributed by atoms with van der Waals surface area (Å²) in [6, 6.07) is 3.56. The molecular weight excluding hydrogens is 159 g/mol. The summed E-state index contributed by atoms with van der Waals surface area (Å²) < 4.78 is 12.8. The minimum Gasteiger partial charge on any atom is -0.508 e. The van der Waals surface area contributed by atoms with Gasteiger partial charge in [-0.05, 0) is 18.2 Å². The number of hydrogen-bond acceptors (Lipinski definition) is 2. The SMILES string of the molecule is OCC#Cc1cc(O)ccc1F. The summed E-state index contributed by atoms with van der Waals surface area (Å²) >= 11 is 0. The first-order valence-corrected chi connectivity index (χ1v) is 3.32. The van der Waals surface area contributed by atoms with Crippen molar-refractivity contribution in [2.24, 2.45) is 0 Å². The second-order valence-corrected chi connectivity index (χ2v) is 2.12. The highest BCUT2D eigenvalue weighted by molar-refractivity contribution is 5.40. The van der Waals surface area contributed by atoms with Crippen LogP contribution in [0.2, 0.25) is 0 Å². The Morgan fingerprint density at radius 1 is 1.42 bits per heavy atom. The molecule has 1 aromatic rings. The van der Waals surface area contributed by atoms with Crippen LogP contribution in [0.3, 0.4) is 0 Å². The first-order chi connectivity index (χ1) is 5.74. The van der Waals surface area contributed by atoms with E-state index < -0.39 is 5.82 Å². The molecule has 2 nitrogen and oxygen atoms in total. The van der Waals surface area contributed by atoms with Gasteiger partial charge in [0.2, 0.25) is 0 Å². The van der Waals surface area contributed by atoms with Crippen molar-refractivity contribution in [2.75, 3.05) is 6.61 Å². The standard InChI is InChI=1S/C9H7FO2/c10-9-4-3-8(12)6-7(9)2-1-5-11/h3-4,6,11-12H,5H2. The largest absolute Gasteiger partial charge is 0.508 e. The van der Waals surface area contributed by atoms with Crippen LogP contribution in [-0.2, 0) is 0 Å². The summed E-state index contributed by atoms with van der Waals surface area (Å²) in [5.41, 5.74) is 0.0871. The Hall–Kier alpha value is -1.53. The number of benzene rings is 1. The second-order valence-electron chi connectivity index (χ2n) is 2.12. The van der Waals surface area contributed by atoms with Gasteiger partial charge >= 0.3 is 0 Å². The van der Waals surface area contributed by atoms with Gasteiger partial charge in [0.1, 0.15) is 18.2 Å². The minimum atomic E-state index is -0.506. The summed E-state index contributed by atoms with van der Waals surface area (Å²) in [6.45, 7) is -0.324. The molecule has 1 rings (SSSR count). The van der Waals surface area contributed by atoms with Crippen molar-refractivity contribution >= 4 is 0 Å². The van der Waals surface area contributed by atoms with Gasteiger partial charge in [-0.25, -0.2) is 4.39 Å². The van der Waals surface area contributed by atoms with E-state index in [4.69, 9.17) is 10.2 Å². The van der Waals surface area contributed by atoms with E-state index in [9.17, 15) is 4.39 Å². The van der Waals surface area contributed by atoms with Crippen molar-refractivity contribution in [2.45, 2.75) is 0 Å². The molecule has 0 unspecified atom stereocenters. The number of aliphatic hydroxyl groups is 1. The van der Waals surface area contributed by atoms with Crippen molar-refractivity contribution in [3.05, 3.63) is 29.6 Å². The van der Waals surface area contributed by atoms with Crippen LogP contribution in [-0.4, -0.2) is 16.8 Å². The van der Waals surface area contributed by atoms with E-state index >= 15 is 0 Å². The summed E-state index contributed by atoms with van der Waals surface area (Å²) in [4.78, 5) is 0. The molecule has 0 amide bonds. The van der Waals surface area contributed by atoms with Crippen molar-refractivity contribution in [1.29, 1.82) is 0 Å². The summed E-state index contributed by atoms with van der Waals surface area (Å²) in [5, 5.41) is 17.3. The maximum atomic E-state index is 12.8. The Kier molecular flexibility index (Phi) is 2.67. The molecule has 0 aromatic heterocycles. The Bertz CT molecular complexity index is 336. The fourth-order valence-electron chi connectivity index (χ4n) is 0.744. The predicted molar refractivity (Wildman–Crippen MR) is 42.0 cm³/mol. The average Bonchev–Trinajstić information content (AvgIpc) is 2.07. The van der Waals surface area contributed by atoms with E-state index in [1.165, 1.54) is 12.1 Å². The van der Waals surface area contributed by atoms with Crippen LogP contribution < -0.4 is 0 Å². The van der Waals surface area contributed by atoms with Gasteiger partial charge in [-0.1, -0.05) is 11.8 Å². The lowest BCUT2D eigenvalue weighted by atomic mass is 10.2. The molecule has 0 aliphatic rings. The van der Waals surface area contributed by atoms with Crippen molar-refractivity contribution < 1.29 is 14.6 Å². The van der Waals surface area contributed by atoms with E-state index in [0.717, 1.165) is 6.07 Å². The lowest BCUT2D eigenvalue weighted by Gasteiger charge is -1.94. The molecule has 0 aliphatic carbocycles. The third-order valence-corrected chi connectivity index (χ3v) is 1.25. The summed E-state index contributed by atoms with van der Waals surface area (Å²) in [5.74, 6) is 4.11. The molecule has 2 N–H and O–H groups in total. The van der Waals surface area contributed by atoms with Crippen LogP contribution >= 0.6 is 0 Å². The highest BCUT2D eigenvalue weighted by Gasteiger charge is 1.98. The molecule has 0 saturated carbocycles. The number of aromatic hydroxyl groups is 1. The van der Waals surface area contributed by atoms with Gasteiger partial charge in [-0.15, -0.1) is 0 Å². The molecule has 0 atom stereocenters. The Morgan fingerprint density at radius 2 is 2.17 bits per heavy atom. The van der Waals surface area contributed by atoms with Crippen LogP contribution in [0.5, 0.6) is 5.75 Å². The Balaban J connectivity index is 3.05. The third-order valence-electron chi connectivity index (χ3n) is 1.25. The number of rotatable bonds is 0. The van der Waals surface area contributed by atoms with E-state index in [-0.39, 0.29) is 17.9 Å². The predicted octanol–water partition coefficient (Wildman–Crippen LogP) is 0.875. The quantitative estimate of drug-likeness (QED) is 0.561. The van der Waals surface area contributed by atoms with Crippen LogP contribution in [0.25, 0.3) is 0 Å². The van der Waals surface area contributed by atoms with E-state index in [2.05, 4.69) is 11.8 Å². The fraction of sp³-hybridized carbons (Fsp3) is 0.111. The zero-order valence-electron chi connectivity index (χ0n) is 6.21. The molecule has 12 heavy (non-hydrogen) atoms. The van der Waals surface area contributed by atoms with Crippen LogP contribution in [0.4, 0.5) is 4.39 Å². The molecule has 3 heteroatoms. The van der Waals surface area contributed by atoms with Gasteiger partial charge in [0.25, 0.3) is 0 Å². The highest BCUT2D eigenvalue weighted by atomic mass is 19.1.